The molecule has 0 atom stereocenters. The Kier molecular flexibility index (Phi) is 6.42. The molecule has 0 fully saturated rings. The smallest absolute Gasteiger partial charge is 0.164 e. The zero-order chi connectivity index (χ0) is 33.0. The molecular weight excluding hydrogens is 613 g/mol. The number of para-hydroxylation sites is 1. The Bertz CT molecular complexity index is 2780. The molecule has 50 heavy (non-hydrogen) atoms. The highest BCUT2D eigenvalue weighted by Crippen LogP contribution is 2.42. The fourth-order valence-corrected chi connectivity index (χ4v) is 7.09. The summed E-state index contributed by atoms with van der Waals surface area (Å²) >= 11 is 0. The number of furan rings is 1. The van der Waals surface area contributed by atoms with Crippen LogP contribution in [0.1, 0.15) is 0 Å². The van der Waals surface area contributed by atoms with Crippen molar-refractivity contribution in [1.82, 2.24) is 19.5 Å². The van der Waals surface area contributed by atoms with E-state index in [0.717, 1.165) is 55.3 Å². The highest BCUT2D eigenvalue weighted by atomic mass is 16.3. The average Bonchev–Trinajstić information content (AvgIpc) is 3.74. The molecule has 0 aliphatic carbocycles. The Morgan fingerprint density at radius 1 is 0.380 bits per heavy atom. The van der Waals surface area contributed by atoms with Gasteiger partial charge in [0.25, 0.3) is 0 Å². The molecule has 0 unspecified atom stereocenters. The number of hydrogen-bond donors (Lipinski definition) is 0. The Morgan fingerprint density at radius 3 is 1.56 bits per heavy atom. The van der Waals surface area contributed by atoms with Crippen LogP contribution >= 0.6 is 0 Å². The van der Waals surface area contributed by atoms with Gasteiger partial charge in [-0.05, 0) is 53.6 Å². The van der Waals surface area contributed by atoms with E-state index in [1.54, 1.807) is 0 Å². The second-order valence-corrected chi connectivity index (χ2v) is 12.5. The number of benzene rings is 7. The van der Waals surface area contributed by atoms with Gasteiger partial charge < -0.3 is 8.98 Å². The second-order valence-electron chi connectivity index (χ2n) is 12.5. The molecular formula is C45H28N4O. The predicted molar refractivity (Wildman–Crippen MR) is 203 cm³/mol. The summed E-state index contributed by atoms with van der Waals surface area (Å²) in [5.74, 6) is 1.85. The minimum atomic E-state index is 0.595. The molecule has 0 saturated heterocycles. The van der Waals surface area contributed by atoms with Crippen molar-refractivity contribution in [3.63, 3.8) is 0 Å². The van der Waals surface area contributed by atoms with Gasteiger partial charge in [-0.3, -0.25) is 0 Å². The van der Waals surface area contributed by atoms with Crippen LogP contribution in [-0.2, 0) is 0 Å². The fourth-order valence-electron chi connectivity index (χ4n) is 7.09. The van der Waals surface area contributed by atoms with Gasteiger partial charge in [-0.1, -0.05) is 127 Å². The van der Waals surface area contributed by atoms with Crippen LogP contribution in [0.2, 0.25) is 0 Å². The number of nitrogens with zero attached hydrogens (tertiary/aromatic N) is 4. The van der Waals surface area contributed by atoms with Crippen molar-refractivity contribution in [2.75, 3.05) is 0 Å². The summed E-state index contributed by atoms with van der Waals surface area (Å²) in [5, 5.41) is 4.51. The Hall–Kier alpha value is -6.85. The van der Waals surface area contributed by atoms with E-state index in [9.17, 15) is 0 Å². The summed E-state index contributed by atoms with van der Waals surface area (Å²) in [6.45, 7) is 0. The molecule has 0 bridgehead atoms. The maximum atomic E-state index is 6.63. The van der Waals surface area contributed by atoms with E-state index in [1.165, 1.54) is 21.9 Å². The lowest BCUT2D eigenvalue weighted by Crippen LogP contribution is -2.00. The monoisotopic (exact) mass is 640 g/mol. The van der Waals surface area contributed by atoms with Gasteiger partial charge in [-0.25, -0.2) is 15.0 Å². The zero-order valence-electron chi connectivity index (χ0n) is 26.9. The van der Waals surface area contributed by atoms with Crippen LogP contribution in [0.3, 0.4) is 0 Å². The van der Waals surface area contributed by atoms with Crippen LogP contribution in [0, 0.1) is 0 Å². The zero-order valence-corrected chi connectivity index (χ0v) is 26.9. The summed E-state index contributed by atoms with van der Waals surface area (Å²) in [7, 11) is 0. The molecule has 7 aromatic carbocycles. The van der Waals surface area contributed by atoms with Crippen molar-refractivity contribution in [2.45, 2.75) is 0 Å². The van der Waals surface area contributed by atoms with E-state index in [1.807, 2.05) is 66.7 Å². The van der Waals surface area contributed by atoms with E-state index in [2.05, 4.69) is 108 Å². The van der Waals surface area contributed by atoms with Crippen molar-refractivity contribution < 1.29 is 4.42 Å². The summed E-state index contributed by atoms with van der Waals surface area (Å²) in [5.41, 5.74) is 10.1. The normalized spacial score (nSPS) is 11.6. The number of aromatic nitrogens is 4. The van der Waals surface area contributed by atoms with Gasteiger partial charge in [0.1, 0.15) is 11.2 Å². The summed E-state index contributed by atoms with van der Waals surface area (Å²) in [6.07, 6.45) is 0. The van der Waals surface area contributed by atoms with Crippen molar-refractivity contribution in [3.05, 3.63) is 170 Å². The first-order valence-electron chi connectivity index (χ1n) is 16.7. The SMILES string of the molecule is c1ccc(-c2ccc(-n3c4ccccc4c4ccc5oc6cc(-c7nc(-c8ccccc8)nc(-c8ccccc8)n7)ccc6c5c43)cc2)cc1. The third-order valence-electron chi connectivity index (χ3n) is 9.46. The minimum absolute atomic E-state index is 0.595. The maximum Gasteiger partial charge on any atom is 0.164 e. The van der Waals surface area contributed by atoms with Crippen molar-refractivity contribution in [3.8, 4) is 51.0 Å². The van der Waals surface area contributed by atoms with E-state index < -0.39 is 0 Å². The summed E-state index contributed by atoms with van der Waals surface area (Å²) in [6, 6.07) is 58.6. The molecule has 0 spiro atoms. The fraction of sp³-hybridized carbons (Fsp3) is 0. The van der Waals surface area contributed by atoms with Crippen molar-refractivity contribution >= 4 is 43.7 Å². The molecule has 0 amide bonds. The van der Waals surface area contributed by atoms with Crippen LogP contribution < -0.4 is 0 Å². The number of hydrogen-bond acceptors (Lipinski definition) is 4. The second kappa shape index (κ2) is 11.4. The third kappa shape index (κ3) is 4.60. The number of fused-ring (bicyclic) bond motifs is 7. The standard InChI is InChI=1S/C45H28N4O/c1-4-12-29(13-5-1)30-20-23-34(24-21-30)49-38-19-11-10-18-35(38)36-26-27-39-41(42(36)49)37-25-22-33(28-40(37)50-39)45-47-43(31-14-6-2-7-15-31)46-44(48-45)32-16-8-3-9-17-32/h1-28H. The van der Waals surface area contributed by atoms with Gasteiger partial charge in [-0.15, -0.1) is 0 Å². The van der Waals surface area contributed by atoms with Crippen LogP contribution in [0.5, 0.6) is 0 Å². The van der Waals surface area contributed by atoms with Crippen molar-refractivity contribution in [2.24, 2.45) is 0 Å². The summed E-state index contributed by atoms with van der Waals surface area (Å²) < 4.78 is 9.00. The third-order valence-corrected chi connectivity index (χ3v) is 9.46. The topological polar surface area (TPSA) is 56.7 Å². The predicted octanol–water partition coefficient (Wildman–Crippen LogP) is 11.5. The lowest BCUT2D eigenvalue weighted by atomic mass is 10.0. The van der Waals surface area contributed by atoms with Gasteiger partial charge in [0.15, 0.2) is 17.5 Å². The van der Waals surface area contributed by atoms with Gasteiger partial charge in [0.05, 0.1) is 16.4 Å². The highest BCUT2D eigenvalue weighted by Gasteiger charge is 2.20. The first kappa shape index (κ1) is 28.2. The largest absolute Gasteiger partial charge is 0.456 e. The van der Waals surface area contributed by atoms with E-state index in [-0.39, 0.29) is 0 Å². The lowest BCUT2D eigenvalue weighted by Gasteiger charge is -2.10. The molecule has 0 saturated carbocycles. The molecule has 10 rings (SSSR count). The molecule has 3 aromatic heterocycles. The molecule has 10 aromatic rings. The molecule has 0 radical (unpaired) electrons. The lowest BCUT2D eigenvalue weighted by molar-refractivity contribution is 0.669. The average molecular weight is 641 g/mol. The number of rotatable bonds is 5. The van der Waals surface area contributed by atoms with E-state index in [4.69, 9.17) is 19.4 Å². The quantitative estimate of drug-likeness (QED) is 0.188. The van der Waals surface area contributed by atoms with Gasteiger partial charge >= 0.3 is 0 Å². The minimum Gasteiger partial charge on any atom is -0.456 e. The van der Waals surface area contributed by atoms with E-state index >= 15 is 0 Å². The first-order chi connectivity index (χ1) is 24.8. The van der Waals surface area contributed by atoms with Gasteiger partial charge in [0, 0.05) is 38.5 Å². The van der Waals surface area contributed by atoms with Crippen LogP contribution in [-0.4, -0.2) is 19.5 Å². The Morgan fingerprint density at radius 2 is 0.900 bits per heavy atom. The maximum absolute atomic E-state index is 6.63. The summed E-state index contributed by atoms with van der Waals surface area (Å²) in [4.78, 5) is 14.8. The molecule has 234 valence electrons. The van der Waals surface area contributed by atoms with Crippen LogP contribution in [0.25, 0.3) is 94.7 Å². The van der Waals surface area contributed by atoms with Crippen LogP contribution in [0.4, 0.5) is 0 Å². The van der Waals surface area contributed by atoms with Gasteiger partial charge in [-0.2, -0.15) is 0 Å². The molecule has 5 nitrogen and oxygen atoms in total. The molecule has 3 heterocycles. The molecule has 0 aliphatic heterocycles. The highest BCUT2D eigenvalue weighted by molar-refractivity contribution is 6.24. The first-order valence-corrected chi connectivity index (χ1v) is 16.7. The van der Waals surface area contributed by atoms with Crippen LogP contribution in [0.15, 0.2) is 174 Å². The molecule has 5 heteroatoms. The molecule has 0 aliphatic rings. The molecule has 0 N–H and O–H groups in total. The van der Waals surface area contributed by atoms with E-state index in [0.29, 0.717) is 17.5 Å². The Balaban J connectivity index is 1.17. The Labute approximate surface area is 287 Å². The van der Waals surface area contributed by atoms with Crippen molar-refractivity contribution in [1.29, 1.82) is 0 Å². The van der Waals surface area contributed by atoms with Gasteiger partial charge in [0.2, 0.25) is 0 Å².